The minimum absolute atomic E-state index is 0.0868. The van der Waals surface area contributed by atoms with E-state index < -0.39 is 18.1 Å². The summed E-state index contributed by atoms with van der Waals surface area (Å²) < 4.78 is 4.93. The molecule has 8 heteroatoms. The van der Waals surface area contributed by atoms with Crippen molar-refractivity contribution in [2.24, 2.45) is 17.6 Å². The van der Waals surface area contributed by atoms with Gasteiger partial charge in [-0.15, -0.1) is 11.3 Å². The summed E-state index contributed by atoms with van der Waals surface area (Å²) in [5.41, 5.74) is 6.30. The Bertz CT molecular complexity index is 620. The summed E-state index contributed by atoms with van der Waals surface area (Å²) in [5, 5.41) is 12.6. The normalized spacial score (nSPS) is 15.9. The SMILES string of the molecule is CCOC(=O)c1csc(C(O)CC(C(C)C)N(C)C(=O)C(N)C(C)CC)n1. The molecule has 0 radical (unpaired) electrons. The van der Waals surface area contributed by atoms with E-state index in [-0.39, 0.29) is 36.1 Å². The number of amides is 1. The van der Waals surface area contributed by atoms with Crippen LogP contribution in [-0.2, 0) is 9.53 Å². The van der Waals surface area contributed by atoms with Gasteiger partial charge in [-0.05, 0) is 18.8 Å². The maximum absolute atomic E-state index is 12.7. The second-order valence-corrected chi connectivity index (χ2v) is 8.10. The van der Waals surface area contributed by atoms with Crippen LogP contribution in [0, 0.1) is 11.8 Å². The Morgan fingerprint density at radius 3 is 2.48 bits per heavy atom. The second kappa shape index (κ2) is 10.7. The van der Waals surface area contributed by atoms with Crippen LogP contribution >= 0.6 is 11.3 Å². The van der Waals surface area contributed by atoms with Crippen molar-refractivity contribution < 1.29 is 19.4 Å². The number of thiazole rings is 1. The van der Waals surface area contributed by atoms with Crippen LogP contribution in [0.3, 0.4) is 0 Å². The molecule has 0 aliphatic carbocycles. The molecule has 154 valence electrons. The highest BCUT2D eigenvalue weighted by atomic mass is 32.1. The van der Waals surface area contributed by atoms with Crippen molar-refractivity contribution in [3.05, 3.63) is 16.1 Å². The van der Waals surface area contributed by atoms with E-state index in [9.17, 15) is 14.7 Å². The molecule has 0 aliphatic heterocycles. The first kappa shape index (κ1) is 23.5. The van der Waals surface area contributed by atoms with Crippen molar-refractivity contribution >= 4 is 23.2 Å². The van der Waals surface area contributed by atoms with Gasteiger partial charge in [-0.2, -0.15) is 0 Å². The van der Waals surface area contributed by atoms with Gasteiger partial charge in [0, 0.05) is 24.9 Å². The van der Waals surface area contributed by atoms with E-state index in [1.165, 1.54) is 11.3 Å². The lowest BCUT2D eigenvalue weighted by Gasteiger charge is -2.35. The van der Waals surface area contributed by atoms with Gasteiger partial charge in [0.2, 0.25) is 5.91 Å². The second-order valence-electron chi connectivity index (χ2n) is 7.21. The maximum Gasteiger partial charge on any atom is 0.357 e. The molecule has 0 bridgehead atoms. The lowest BCUT2D eigenvalue weighted by Crippen LogP contribution is -2.51. The summed E-state index contributed by atoms with van der Waals surface area (Å²) in [6.45, 7) is 9.97. The fourth-order valence-corrected chi connectivity index (χ4v) is 3.63. The fraction of sp³-hybridized carbons (Fsp3) is 0.737. The molecule has 4 unspecified atom stereocenters. The molecular formula is C19H33N3O4S. The number of esters is 1. The number of aliphatic hydroxyl groups excluding tert-OH is 1. The van der Waals surface area contributed by atoms with E-state index in [0.29, 0.717) is 11.4 Å². The number of nitrogens with two attached hydrogens (primary N) is 1. The first-order valence-electron chi connectivity index (χ1n) is 9.46. The van der Waals surface area contributed by atoms with Gasteiger partial charge in [-0.25, -0.2) is 9.78 Å². The van der Waals surface area contributed by atoms with E-state index >= 15 is 0 Å². The predicted octanol–water partition coefficient (Wildman–Crippen LogP) is 2.60. The van der Waals surface area contributed by atoms with Crippen LogP contribution in [0.5, 0.6) is 0 Å². The molecule has 0 saturated carbocycles. The van der Waals surface area contributed by atoms with Crippen LogP contribution in [0.25, 0.3) is 0 Å². The quantitative estimate of drug-likeness (QED) is 0.586. The average molecular weight is 400 g/mol. The Kier molecular flexibility index (Phi) is 9.35. The third kappa shape index (κ3) is 6.26. The summed E-state index contributed by atoms with van der Waals surface area (Å²) in [7, 11) is 1.73. The number of carbonyl (C=O) groups excluding carboxylic acids is 2. The molecule has 0 aromatic carbocycles. The van der Waals surface area contributed by atoms with Gasteiger partial charge in [0.15, 0.2) is 5.69 Å². The molecule has 0 saturated heterocycles. The molecule has 1 rings (SSSR count). The number of likely N-dealkylation sites (N-methyl/N-ethyl adjacent to an activating group) is 1. The molecule has 0 spiro atoms. The zero-order valence-electron chi connectivity index (χ0n) is 17.1. The highest BCUT2D eigenvalue weighted by Crippen LogP contribution is 2.27. The van der Waals surface area contributed by atoms with E-state index in [2.05, 4.69) is 4.98 Å². The lowest BCUT2D eigenvalue weighted by atomic mass is 9.93. The molecule has 0 fully saturated rings. The van der Waals surface area contributed by atoms with Crippen LogP contribution in [0.1, 0.15) is 69.1 Å². The molecular weight excluding hydrogens is 366 g/mol. The van der Waals surface area contributed by atoms with Crippen molar-refractivity contribution in [3.63, 3.8) is 0 Å². The number of hydrogen-bond donors (Lipinski definition) is 2. The summed E-state index contributed by atoms with van der Waals surface area (Å²) >= 11 is 1.21. The van der Waals surface area contributed by atoms with Gasteiger partial charge in [0.25, 0.3) is 0 Å². The van der Waals surface area contributed by atoms with Crippen molar-refractivity contribution in [2.75, 3.05) is 13.7 Å². The molecule has 1 heterocycles. The number of aromatic nitrogens is 1. The van der Waals surface area contributed by atoms with E-state index in [4.69, 9.17) is 10.5 Å². The maximum atomic E-state index is 12.7. The average Bonchev–Trinajstić information content (AvgIpc) is 3.13. The first-order chi connectivity index (χ1) is 12.6. The zero-order chi connectivity index (χ0) is 20.7. The van der Waals surface area contributed by atoms with Gasteiger partial charge in [0.1, 0.15) is 11.1 Å². The number of nitrogens with zero attached hydrogens (tertiary/aromatic N) is 2. The Morgan fingerprint density at radius 1 is 1.33 bits per heavy atom. The number of hydrogen-bond acceptors (Lipinski definition) is 7. The third-order valence-corrected chi connectivity index (χ3v) is 5.86. The van der Waals surface area contributed by atoms with Gasteiger partial charge in [-0.3, -0.25) is 4.79 Å². The minimum Gasteiger partial charge on any atom is -0.461 e. The summed E-state index contributed by atoms with van der Waals surface area (Å²) in [5.74, 6) is -0.410. The van der Waals surface area contributed by atoms with Crippen molar-refractivity contribution in [1.82, 2.24) is 9.88 Å². The van der Waals surface area contributed by atoms with Crippen molar-refractivity contribution in [1.29, 1.82) is 0 Å². The highest BCUT2D eigenvalue weighted by Gasteiger charge is 2.31. The van der Waals surface area contributed by atoms with Crippen LogP contribution in [-0.4, -0.2) is 52.6 Å². The monoisotopic (exact) mass is 399 g/mol. The molecule has 1 aromatic heterocycles. The van der Waals surface area contributed by atoms with Crippen LogP contribution < -0.4 is 5.73 Å². The Hall–Kier alpha value is -1.51. The smallest absolute Gasteiger partial charge is 0.357 e. The van der Waals surface area contributed by atoms with Crippen LogP contribution in [0.15, 0.2) is 5.38 Å². The van der Waals surface area contributed by atoms with Gasteiger partial charge in [-0.1, -0.05) is 34.1 Å². The standard InChI is InChI=1S/C19H33N3O4S/c1-7-12(5)16(20)18(24)22(6)14(11(3)4)9-15(23)17-21-13(10-27-17)19(25)26-8-2/h10-12,14-16,23H,7-9,20H2,1-6H3. The third-order valence-electron chi connectivity index (χ3n) is 4.91. The number of carbonyl (C=O) groups is 2. The molecule has 1 amide bonds. The van der Waals surface area contributed by atoms with Crippen molar-refractivity contribution in [2.45, 2.75) is 65.6 Å². The molecule has 4 atom stereocenters. The molecule has 27 heavy (non-hydrogen) atoms. The van der Waals surface area contributed by atoms with Crippen LogP contribution in [0.2, 0.25) is 0 Å². The Labute approximate surface area is 165 Å². The summed E-state index contributed by atoms with van der Waals surface area (Å²) in [6, 6.07) is -0.758. The topological polar surface area (TPSA) is 106 Å². The molecule has 3 N–H and O–H groups in total. The van der Waals surface area contributed by atoms with Gasteiger partial charge < -0.3 is 20.5 Å². The molecule has 7 nitrogen and oxygen atoms in total. The Balaban J connectivity index is 2.87. The summed E-state index contributed by atoms with van der Waals surface area (Å²) in [6.07, 6.45) is 0.273. The number of aliphatic hydroxyl groups is 1. The number of rotatable bonds is 10. The molecule has 1 aromatic rings. The predicted molar refractivity (Wildman–Crippen MR) is 106 cm³/mol. The zero-order valence-corrected chi connectivity index (χ0v) is 18.0. The fourth-order valence-electron chi connectivity index (χ4n) is 2.84. The van der Waals surface area contributed by atoms with Gasteiger partial charge in [0.05, 0.1) is 12.6 Å². The van der Waals surface area contributed by atoms with E-state index in [0.717, 1.165) is 6.42 Å². The van der Waals surface area contributed by atoms with E-state index in [1.807, 2.05) is 27.7 Å². The lowest BCUT2D eigenvalue weighted by molar-refractivity contribution is -0.136. The first-order valence-corrected chi connectivity index (χ1v) is 10.3. The van der Waals surface area contributed by atoms with Gasteiger partial charge >= 0.3 is 5.97 Å². The van der Waals surface area contributed by atoms with E-state index in [1.54, 1.807) is 24.3 Å². The van der Waals surface area contributed by atoms with Crippen molar-refractivity contribution in [3.8, 4) is 0 Å². The minimum atomic E-state index is -0.874. The molecule has 0 aliphatic rings. The Morgan fingerprint density at radius 2 is 1.96 bits per heavy atom. The largest absolute Gasteiger partial charge is 0.461 e. The number of ether oxygens (including phenoxy) is 1. The highest BCUT2D eigenvalue weighted by molar-refractivity contribution is 7.09. The summed E-state index contributed by atoms with van der Waals surface area (Å²) in [4.78, 5) is 30.3. The van der Waals surface area contributed by atoms with Crippen LogP contribution in [0.4, 0.5) is 0 Å².